The Balaban J connectivity index is 1.50. The van der Waals surface area contributed by atoms with Crippen LogP contribution in [-0.2, 0) is 28.9 Å². The van der Waals surface area contributed by atoms with Crippen LogP contribution in [0.5, 0.6) is 5.75 Å². The van der Waals surface area contributed by atoms with Crippen molar-refractivity contribution in [3.8, 4) is 5.75 Å². The smallest absolute Gasteiger partial charge is 0.328 e. The first-order valence-corrected chi connectivity index (χ1v) is 11.8. The number of imidazole rings is 1. The van der Waals surface area contributed by atoms with E-state index >= 15 is 0 Å². The maximum Gasteiger partial charge on any atom is 0.328 e. The minimum Gasteiger partial charge on any atom is -0.497 e. The number of piperidine rings is 1. The lowest BCUT2D eigenvalue weighted by Crippen LogP contribution is -2.43. The first-order valence-electron chi connectivity index (χ1n) is 10.3. The average molecular weight is 459 g/mol. The molecule has 10 heteroatoms. The van der Waals surface area contributed by atoms with Gasteiger partial charge in [0.2, 0.25) is 15.9 Å². The highest BCUT2D eigenvalue weighted by atomic mass is 32.2. The molecule has 1 saturated heterocycles. The van der Waals surface area contributed by atoms with Gasteiger partial charge in [0.05, 0.1) is 29.0 Å². The molecule has 9 nitrogen and oxygen atoms in total. The molecule has 32 heavy (non-hydrogen) atoms. The molecule has 0 unspecified atom stereocenters. The summed E-state index contributed by atoms with van der Waals surface area (Å²) in [7, 11) is 1.19. The monoisotopic (exact) mass is 458 g/mol. The predicted octanol–water partition coefficient (Wildman–Crippen LogP) is 1.92. The molecule has 2 heterocycles. The van der Waals surface area contributed by atoms with E-state index in [2.05, 4.69) is 5.32 Å². The third-order valence-electron chi connectivity index (χ3n) is 5.99. The largest absolute Gasteiger partial charge is 0.497 e. The number of anilines is 1. The van der Waals surface area contributed by atoms with Gasteiger partial charge in [-0.2, -0.15) is 4.31 Å². The number of fused-ring (bicyclic) bond motifs is 1. The van der Waals surface area contributed by atoms with Crippen molar-refractivity contribution in [2.75, 3.05) is 25.5 Å². The van der Waals surface area contributed by atoms with Gasteiger partial charge < -0.3 is 10.1 Å². The van der Waals surface area contributed by atoms with E-state index in [1.165, 1.54) is 28.1 Å². The number of hydrogen-bond donors (Lipinski definition) is 1. The maximum atomic E-state index is 13.1. The van der Waals surface area contributed by atoms with Gasteiger partial charge in [0.1, 0.15) is 5.75 Å². The summed E-state index contributed by atoms with van der Waals surface area (Å²) in [5, 5.41) is 2.88. The fourth-order valence-electron chi connectivity index (χ4n) is 4.10. The number of carbonyl (C=O) groups is 1. The zero-order chi connectivity index (χ0) is 23.0. The molecule has 4 rings (SSSR count). The lowest BCUT2D eigenvalue weighted by atomic mass is 9.98. The van der Waals surface area contributed by atoms with E-state index in [-0.39, 0.29) is 23.0 Å². The Kier molecular flexibility index (Phi) is 5.83. The summed E-state index contributed by atoms with van der Waals surface area (Å²) in [4.78, 5) is 25.2. The number of hydrogen-bond acceptors (Lipinski definition) is 5. The quantitative estimate of drug-likeness (QED) is 0.629. The van der Waals surface area contributed by atoms with Crippen molar-refractivity contribution in [2.45, 2.75) is 17.7 Å². The van der Waals surface area contributed by atoms with Crippen molar-refractivity contribution in [2.24, 2.45) is 20.0 Å². The summed E-state index contributed by atoms with van der Waals surface area (Å²) in [6.07, 6.45) is 1.20. The number of carbonyl (C=O) groups excluding carboxylic acids is 1. The molecule has 0 spiro atoms. The summed E-state index contributed by atoms with van der Waals surface area (Å²) < 4.78 is 35.6. The minimum atomic E-state index is -3.71. The number of rotatable bonds is 5. The van der Waals surface area contributed by atoms with Gasteiger partial charge in [0, 0.05) is 32.9 Å². The predicted molar refractivity (Wildman–Crippen MR) is 121 cm³/mol. The summed E-state index contributed by atoms with van der Waals surface area (Å²) in [5.41, 5.74) is 1.90. The molecule has 1 amide bonds. The van der Waals surface area contributed by atoms with E-state index in [4.69, 9.17) is 4.74 Å². The fourth-order valence-corrected chi connectivity index (χ4v) is 5.62. The number of nitrogens with zero attached hydrogens (tertiary/aromatic N) is 3. The lowest BCUT2D eigenvalue weighted by molar-refractivity contribution is -0.120. The normalized spacial score (nSPS) is 17.4. The number of benzene rings is 2. The summed E-state index contributed by atoms with van der Waals surface area (Å²) in [5.74, 6) is -0.125. The summed E-state index contributed by atoms with van der Waals surface area (Å²) in [6.45, 7) is 0.489. The topological polar surface area (TPSA) is 103 Å². The van der Waals surface area contributed by atoms with Crippen LogP contribution >= 0.6 is 0 Å². The highest BCUT2D eigenvalue weighted by molar-refractivity contribution is 7.89. The zero-order valence-electron chi connectivity index (χ0n) is 18.2. The van der Waals surface area contributed by atoms with Crippen molar-refractivity contribution in [3.63, 3.8) is 0 Å². The molecule has 1 aliphatic heterocycles. The van der Waals surface area contributed by atoms with Crippen LogP contribution in [0.2, 0.25) is 0 Å². The van der Waals surface area contributed by atoms with Crippen LogP contribution in [0, 0.1) is 5.92 Å². The number of nitrogens with one attached hydrogen (secondary N) is 1. The molecule has 0 bridgehead atoms. The molecule has 3 aromatic rings. The number of amides is 1. The molecule has 2 aromatic carbocycles. The van der Waals surface area contributed by atoms with Crippen LogP contribution in [0.3, 0.4) is 0 Å². The third-order valence-corrected chi connectivity index (χ3v) is 7.87. The Morgan fingerprint density at radius 1 is 1.06 bits per heavy atom. The molecular weight excluding hydrogens is 432 g/mol. The van der Waals surface area contributed by atoms with Crippen molar-refractivity contribution < 1.29 is 17.9 Å². The van der Waals surface area contributed by atoms with E-state index in [0.29, 0.717) is 36.3 Å². The van der Waals surface area contributed by atoms with Gasteiger partial charge in [-0.15, -0.1) is 0 Å². The first kappa shape index (κ1) is 22.1. The van der Waals surface area contributed by atoms with Crippen molar-refractivity contribution in [1.82, 2.24) is 13.4 Å². The number of aromatic nitrogens is 2. The maximum absolute atomic E-state index is 13.1. The molecule has 0 radical (unpaired) electrons. The Hall–Kier alpha value is -3.11. The van der Waals surface area contributed by atoms with Gasteiger partial charge in [-0.05, 0) is 55.3 Å². The molecule has 0 saturated carbocycles. The van der Waals surface area contributed by atoms with E-state index in [1.807, 2.05) is 0 Å². The second-order valence-electron chi connectivity index (χ2n) is 7.97. The summed E-state index contributed by atoms with van der Waals surface area (Å²) >= 11 is 0. The Labute approximate surface area is 186 Å². The van der Waals surface area contributed by atoms with Crippen molar-refractivity contribution in [1.29, 1.82) is 0 Å². The van der Waals surface area contributed by atoms with Crippen molar-refractivity contribution in [3.05, 3.63) is 52.9 Å². The van der Waals surface area contributed by atoms with Gasteiger partial charge >= 0.3 is 5.69 Å². The first-order chi connectivity index (χ1) is 15.2. The van der Waals surface area contributed by atoms with Gasteiger partial charge in [-0.25, -0.2) is 13.2 Å². The highest BCUT2D eigenvalue weighted by Gasteiger charge is 2.33. The van der Waals surface area contributed by atoms with Gasteiger partial charge in [0.25, 0.3) is 0 Å². The second kappa shape index (κ2) is 8.44. The van der Waals surface area contributed by atoms with E-state index in [1.54, 1.807) is 49.0 Å². The average Bonchev–Trinajstić information content (AvgIpc) is 3.02. The van der Waals surface area contributed by atoms with Crippen LogP contribution in [-0.4, -0.2) is 48.0 Å². The Bertz CT molecular complexity index is 1320. The van der Waals surface area contributed by atoms with Crippen LogP contribution in [0.25, 0.3) is 11.0 Å². The standard InChI is InChI=1S/C22H26N4O5S/c1-24-19-11-6-16(13-20(19)25(2)22(24)28)23-21(27)15-5-4-12-26(14-15)32(29,30)18-9-7-17(31-3)8-10-18/h6-11,13,15H,4-5,12,14H2,1-3H3,(H,23,27)/t15-/m1/s1. The Morgan fingerprint density at radius 3 is 2.44 bits per heavy atom. The second-order valence-corrected chi connectivity index (χ2v) is 9.91. The number of methoxy groups -OCH3 is 1. The van der Waals surface area contributed by atoms with Gasteiger partial charge in [-0.3, -0.25) is 13.9 Å². The van der Waals surface area contributed by atoms with E-state index < -0.39 is 15.9 Å². The SMILES string of the molecule is COc1ccc(S(=O)(=O)N2CCC[C@@H](C(=O)Nc3ccc4c(c3)n(C)c(=O)n4C)C2)cc1. The molecule has 0 aliphatic carbocycles. The molecular formula is C22H26N4O5S. The van der Waals surface area contributed by atoms with Crippen LogP contribution in [0.15, 0.2) is 52.2 Å². The minimum absolute atomic E-state index is 0.117. The molecule has 1 N–H and O–H groups in total. The van der Waals surface area contributed by atoms with Gasteiger partial charge in [-0.1, -0.05) is 0 Å². The number of sulfonamides is 1. The molecule has 1 atom stereocenters. The van der Waals surface area contributed by atoms with E-state index in [0.717, 1.165) is 5.52 Å². The fraction of sp³-hybridized carbons (Fsp3) is 0.364. The lowest BCUT2D eigenvalue weighted by Gasteiger charge is -2.31. The number of ether oxygens (including phenoxy) is 1. The Morgan fingerprint density at radius 2 is 1.75 bits per heavy atom. The van der Waals surface area contributed by atoms with Crippen LogP contribution in [0.4, 0.5) is 5.69 Å². The van der Waals surface area contributed by atoms with E-state index in [9.17, 15) is 18.0 Å². The van der Waals surface area contributed by atoms with Crippen LogP contribution < -0.4 is 15.7 Å². The zero-order valence-corrected chi connectivity index (χ0v) is 19.1. The van der Waals surface area contributed by atoms with Crippen molar-refractivity contribution >= 4 is 32.7 Å². The summed E-state index contributed by atoms with van der Waals surface area (Å²) in [6, 6.07) is 11.5. The molecule has 170 valence electrons. The highest BCUT2D eigenvalue weighted by Crippen LogP contribution is 2.26. The molecule has 1 aromatic heterocycles. The number of aryl methyl sites for hydroxylation is 2. The molecule has 1 fully saturated rings. The molecule has 1 aliphatic rings. The third kappa shape index (κ3) is 3.91. The van der Waals surface area contributed by atoms with Crippen LogP contribution in [0.1, 0.15) is 12.8 Å². The van der Waals surface area contributed by atoms with Gasteiger partial charge in [0.15, 0.2) is 0 Å².